The van der Waals surface area contributed by atoms with E-state index < -0.39 is 0 Å². The highest BCUT2D eigenvalue weighted by atomic mass is 127. The maximum absolute atomic E-state index is 12.3. The van der Waals surface area contributed by atoms with E-state index in [0.717, 1.165) is 49.7 Å². The number of aliphatic imine (C=N–C) groups is 1. The van der Waals surface area contributed by atoms with E-state index in [1.807, 2.05) is 25.2 Å². The van der Waals surface area contributed by atoms with Gasteiger partial charge in [0.1, 0.15) is 0 Å². The number of benzene rings is 1. The van der Waals surface area contributed by atoms with Gasteiger partial charge in [-0.15, -0.1) is 24.0 Å². The second-order valence-corrected chi connectivity index (χ2v) is 6.50. The summed E-state index contributed by atoms with van der Waals surface area (Å²) in [5.41, 5.74) is 2.04. The topological polar surface area (TPSA) is 56.7 Å². The van der Waals surface area contributed by atoms with Crippen molar-refractivity contribution in [2.24, 2.45) is 10.9 Å². The highest BCUT2D eigenvalue weighted by Crippen LogP contribution is 2.25. The first-order chi connectivity index (χ1) is 11.2. The van der Waals surface area contributed by atoms with Gasteiger partial charge in [-0.25, -0.2) is 0 Å². The third-order valence-electron chi connectivity index (χ3n) is 4.68. The van der Waals surface area contributed by atoms with Gasteiger partial charge in [0.15, 0.2) is 5.96 Å². The van der Waals surface area contributed by atoms with Gasteiger partial charge in [-0.3, -0.25) is 9.79 Å². The van der Waals surface area contributed by atoms with Crippen LogP contribution in [0.5, 0.6) is 0 Å². The van der Waals surface area contributed by atoms with Crippen molar-refractivity contribution >= 4 is 41.5 Å². The normalized spacial score (nSPS) is 17.9. The molecule has 2 aliphatic rings. The van der Waals surface area contributed by atoms with Gasteiger partial charge in [0.05, 0.1) is 6.54 Å². The van der Waals surface area contributed by atoms with Crippen molar-refractivity contribution in [1.82, 2.24) is 10.2 Å². The van der Waals surface area contributed by atoms with Crippen LogP contribution in [0.15, 0.2) is 29.3 Å². The molecule has 24 heavy (non-hydrogen) atoms. The molecular weight excluding hydrogens is 415 g/mol. The number of likely N-dealkylation sites (N-methyl/N-ethyl adjacent to an activating group) is 1. The van der Waals surface area contributed by atoms with Crippen molar-refractivity contribution in [3.8, 4) is 0 Å². The van der Waals surface area contributed by atoms with Crippen molar-refractivity contribution < 1.29 is 4.79 Å². The molecule has 0 bridgehead atoms. The second-order valence-electron chi connectivity index (χ2n) is 6.50. The molecule has 1 fully saturated rings. The van der Waals surface area contributed by atoms with E-state index in [4.69, 9.17) is 0 Å². The lowest BCUT2D eigenvalue weighted by atomic mass is 9.88. The Balaban J connectivity index is 0.00000208. The van der Waals surface area contributed by atoms with Gasteiger partial charge in [-0.2, -0.15) is 0 Å². The SMILES string of the molecule is CN1CCN=C1NCc1cccc(NC(=O)C2CCCCC2)c1.I. The molecule has 6 heteroatoms. The van der Waals surface area contributed by atoms with Crippen LogP contribution in [-0.4, -0.2) is 36.9 Å². The molecular formula is C18H27IN4O. The number of carbonyl (C=O) groups is 1. The monoisotopic (exact) mass is 442 g/mol. The van der Waals surface area contributed by atoms with E-state index in [1.165, 1.54) is 19.3 Å². The maximum atomic E-state index is 12.3. The average Bonchev–Trinajstić information content (AvgIpc) is 2.99. The molecule has 1 aliphatic carbocycles. The number of halogens is 1. The predicted octanol–water partition coefficient (Wildman–Crippen LogP) is 3.21. The molecule has 132 valence electrons. The molecule has 0 radical (unpaired) electrons. The predicted molar refractivity (Wildman–Crippen MR) is 109 cm³/mol. The van der Waals surface area contributed by atoms with E-state index in [9.17, 15) is 4.79 Å². The fourth-order valence-electron chi connectivity index (χ4n) is 3.27. The van der Waals surface area contributed by atoms with Crippen molar-refractivity contribution in [2.75, 3.05) is 25.5 Å². The molecule has 1 aromatic carbocycles. The van der Waals surface area contributed by atoms with Crippen molar-refractivity contribution in [3.05, 3.63) is 29.8 Å². The van der Waals surface area contributed by atoms with Crippen LogP contribution in [0, 0.1) is 5.92 Å². The minimum Gasteiger partial charge on any atom is -0.352 e. The van der Waals surface area contributed by atoms with Crippen LogP contribution in [0.25, 0.3) is 0 Å². The Hall–Kier alpha value is -1.31. The summed E-state index contributed by atoms with van der Waals surface area (Å²) in [6.45, 7) is 2.55. The zero-order valence-corrected chi connectivity index (χ0v) is 16.6. The molecule has 1 heterocycles. The molecule has 3 rings (SSSR count). The first-order valence-corrected chi connectivity index (χ1v) is 8.61. The Kier molecular flexibility index (Phi) is 7.33. The lowest BCUT2D eigenvalue weighted by molar-refractivity contribution is -0.120. The Labute approximate surface area is 161 Å². The van der Waals surface area contributed by atoms with Crippen LogP contribution in [0.1, 0.15) is 37.7 Å². The van der Waals surface area contributed by atoms with Crippen LogP contribution in [0.3, 0.4) is 0 Å². The van der Waals surface area contributed by atoms with Gasteiger partial charge in [-0.1, -0.05) is 31.4 Å². The fraction of sp³-hybridized carbons (Fsp3) is 0.556. The Bertz CT molecular complexity index is 584. The number of anilines is 1. The molecule has 0 aromatic heterocycles. The van der Waals surface area contributed by atoms with E-state index in [-0.39, 0.29) is 35.8 Å². The fourth-order valence-corrected chi connectivity index (χ4v) is 3.27. The molecule has 0 spiro atoms. The van der Waals surface area contributed by atoms with Crippen molar-refractivity contribution in [3.63, 3.8) is 0 Å². The van der Waals surface area contributed by atoms with Crippen molar-refractivity contribution in [2.45, 2.75) is 38.6 Å². The quantitative estimate of drug-likeness (QED) is 0.705. The first-order valence-electron chi connectivity index (χ1n) is 8.61. The molecule has 5 nitrogen and oxygen atoms in total. The third kappa shape index (κ3) is 5.09. The lowest BCUT2D eigenvalue weighted by Gasteiger charge is -2.21. The minimum atomic E-state index is 0. The summed E-state index contributed by atoms with van der Waals surface area (Å²) in [5.74, 6) is 1.31. The Morgan fingerprint density at radius 3 is 2.79 bits per heavy atom. The number of hydrogen-bond donors (Lipinski definition) is 2. The molecule has 0 atom stereocenters. The van der Waals surface area contributed by atoms with E-state index in [2.05, 4.69) is 26.6 Å². The second kappa shape index (κ2) is 9.25. The van der Waals surface area contributed by atoms with Gasteiger partial charge in [0, 0.05) is 31.7 Å². The number of nitrogens with zero attached hydrogens (tertiary/aromatic N) is 2. The standard InChI is InChI=1S/C18H26N4O.HI/c1-22-11-10-19-18(22)20-13-14-6-5-9-16(12-14)21-17(23)15-7-3-2-4-8-15;/h5-6,9,12,15H,2-4,7-8,10-11,13H2,1H3,(H,19,20)(H,21,23);1H. The lowest BCUT2D eigenvalue weighted by Crippen LogP contribution is -2.35. The third-order valence-corrected chi connectivity index (χ3v) is 4.68. The summed E-state index contributed by atoms with van der Waals surface area (Å²) in [7, 11) is 2.04. The number of hydrogen-bond acceptors (Lipinski definition) is 4. The summed E-state index contributed by atoms with van der Waals surface area (Å²) < 4.78 is 0. The average molecular weight is 442 g/mol. The van der Waals surface area contributed by atoms with Crippen LogP contribution >= 0.6 is 24.0 Å². The largest absolute Gasteiger partial charge is 0.352 e. The summed E-state index contributed by atoms with van der Waals surface area (Å²) in [6, 6.07) is 8.07. The summed E-state index contributed by atoms with van der Waals surface area (Å²) >= 11 is 0. The molecule has 2 N–H and O–H groups in total. The Morgan fingerprint density at radius 1 is 1.29 bits per heavy atom. The molecule has 1 aliphatic heterocycles. The van der Waals surface area contributed by atoms with E-state index in [1.54, 1.807) is 0 Å². The van der Waals surface area contributed by atoms with Gasteiger partial charge in [-0.05, 0) is 30.5 Å². The smallest absolute Gasteiger partial charge is 0.227 e. The van der Waals surface area contributed by atoms with Gasteiger partial charge in [0.2, 0.25) is 5.91 Å². The van der Waals surface area contributed by atoms with Crippen LogP contribution < -0.4 is 10.6 Å². The number of nitrogens with one attached hydrogen (secondary N) is 2. The molecule has 1 saturated carbocycles. The summed E-state index contributed by atoms with van der Waals surface area (Å²) in [4.78, 5) is 18.9. The van der Waals surface area contributed by atoms with E-state index in [0.29, 0.717) is 0 Å². The molecule has 0 saturated heterocycles. The Morgan fingerprint density at radius 2 is 2.08 bits per heavy atom. The van der Waals surface area contributed by atoms with Gasteiger partial charge < -0.3 is 15.5 Å². The minimum absolute atomic E-state index is 0. The van der Waals surface area contributed by atoms with Crippen LogP contribution in [0.2, 0.25) is 0 Å². The van der Waals surface area contributed by atoms with Crippen LogP contribution in [0.4, 0.5) is 5.69 Å². The summed E-state index contributed by atoms with van der Waals surface area (Å²) in [5, 5.41) is 6.44. The first kappa shape index (κ1) is 19.0. The number of carbonyl (C=O) groups excluding carboxylic acids is 1. The summed E-state index contributed by atoms with van der Waals surface area (Å²) in [6.07, 6.45) is 5.68. The highest BCUT2D eigenvalue weighted by molar-refractivity contribution is 14.0. The zero-order valence-electron chi connectivity index (χ0n) is 14.3. The zero-order chi connectivity index (χ0) is 16.1. The number of amides is 1. The van der Waals surface area contributed by atoms with Crippen LogP contribution in [-0.2, 0) is 11.3 Å². The molecule has 1 aromatic rings. The molecule has 0 unspecified atom stereocenters. The number of guanidine groups is 1. The highest BCUT2D eigenvalue weighted by Gasteiger charge is 2.21. The van der Waals surface area contributed by atoms with Gasteiger partial charge >= 0.3 is 0 Å². The maximum Gasteiger partial charge on any atom is 0.227 e. The van der Waals surface area contributed by atoms with E-state index >= 15 is 0 Å². The van der Waals surface area contributed by atoms with Crippen molar-refractivity contribution in [1.29, 1.82) is 0 Å². The molecule has 1 amide bonds. The van der Waals surface area contributed by atoms with Gasteiger partial charge in [0.25, 0.3) is 0 Å². The number of rotatable bonds is 4.